The number of carbonyl (C=O) groups is 1. The molecule has 2 nitrogen and oxygen atoms in total. The van der Waals surface area contributed by atoms with Gasteiger partial charge in [0.2, 0.25) is 5.91 Å². The molecule has 0 radical (unpaired) electrons. The second-order valence-corrected chi connectivity index (χ2v) is 3.59. The van der Waals surface area contributed by atoms with Crippen LogP contribution in [0, 0.1) is 0 Å². The largest absolute Gasteiger partial charge is 0.369 e. The number of benzene rings is 1. The number of hydrogen-bond acceptors (Lipinski definition) is 1. The van der Waals surface area contributed by atoms with Gasteiger partial charge in [-0.25, -0.2) is 0 Å². The van der Waals surface area contributed by atoms with Crippen molar-refractivity contribution >= 4 is 21.8 Å². The van der Waals surface area contributed by atoms with Crippen molar-refractivity contribution in [3.63, 3.8) is 0 Å². The van der Waals surface area contributed by atoms with Gasteiger partial charge in [0.1, 0.15) is 0 Å². The molecule has 1 rings (SSSR count). The van der Waals surface area contributed by atoms with Crippen molar-refractivity contribution in [2.45, 2.75) is 12.8 Å². The number of rotatable bonds is 2. The lowest BCUT2D eigenvalue weighted by atomic mass is 10.0. The van der Waals surface area contributed by atoms with Crippen LogP contribution in [0.4, 0.5) is 0 Å². The van der Waals surface area contributed by atoms with E-state index in [-0.39, 0.29) is 11.8 Å². The topological polar surface area (TPSA) is 43.1 Å². The highest BCUT2D eigenvalue weighted by molar-refractivity contribution is 9.10. The predicted molar refractivity (Wildman–Crippen MR) is 51.8 cm³/mol. The summed E-state index contributed by atoms with van der Waals surface area (Å²) in [7, 11) is 0. The van der Waals surface area contributed by atoms with Crippen molar-refractivity contribution in [1.29, 1.82) is 0 Å². The first-order chi connectivity index (χ1) is 5.61. The molecule has 2 N–H and O–H groups in total. The van der Waals surface area contributed by atoms with E-state index in [4.69, 9.17) is 5.73 Å². The molecular formula is C9H10BrNO. The predicted octanol–water partition coefficient (Wildman–Crippen LogP) is 2.04. The van der Waals surface area contributed by atoms with Crippen LogP contribution >= 0.6 is 15.9 Å². The zero-order chi connectivity index (χ0) is 9.14. The third-order valence-electron chi connectivity index (χ3n) is 1.80. The van der Waals surface area contributed by atoms with E-state index in [1.54, 1.807) is 6.92 Å². The second-order valence-electron chi connectivity index (χ2n) is 2.68. The SMILES string of the molecule is C[C@@H](C(N)=O)c1ccc(Br)cc1. The Morgan fingerprint density at radius 2 is 1.92 bits per heavy atom. The van der Waals surface area contributed by atoms with Crippen molar-refractivity contribution in [3.8, 4) is 0 Å². The minimum absolute atomic E-state index is 0.210. The molecule has 0 bridgehead atoms. The maximum atomic E-state index is 10.8. The molecule has 1 aromatic rings. The molecule has 0 aromatic heterocycles. The third-order valence-corrected chi connectivity index (χ3v) is 2.33. The van der Waals surface area contributed by atoms with Gasteiger partial charge in [-0.2, -0.15) is 0 Å². The van der Waals surface area contributed by atoms with Gasteiger partial charge in [-0.1, -0.05) is 28.1 Å². The highest BCUT2D eigenvalue weighted by Gasteiger charge is 2.10. The quantitative estimate of drug-likeness (QED) is 0.826. The molecule has 0 saturated heterocycles. The summed E-state index contributed by atoms with van der Waals surface area (Å²) in [4.78, 5) is 10.8. The number of halogens is 1. The normalized spacial score (nSPS) is 12.5. The Morgan fingerprint density at radius 1 is 1.42 bits per heavy atom. The monoisotopic (exact) mass is 227 g/mol. The minimum Gasteiger partial charge on any atom is -0.369 e. The van der Waals surface area contributed by atoms with Gasteiger partial charge in [-0.15, -0.1) is 0 Å². The standard InChI is InChI=1S/C9H10BrNO/c1-6(9(11)12)7-2-4-8(10)5-3-7/h2-6H,1H3,(H2,11,12)/t6-/m1/s1. The zero-order valence-corrected chi connectivity index (χ0v) is 8.34. The first-order valence-corrected chi connectivity index (χ1v) is 4.45. The van der Waals surface area contributed by atoms with Crippen LogP contribution in [0.15, 0.2) is 28.7 Å². The molecule has 0 fully saturated rings. The zero-order valence-electron chi connectivity index (χ0n) is 6.75. The first kappa shape index (κ1) is 9.26. The molecule has 3 heteroatoms. The average molecular weight is 228 g/mol. The summed E-state index contributed by atoms with van der Waals surface area (Å²) >= 11 is 3.32. The van der Waals surface area contributed by atoms with Crippen LogP contribution < -0.4 is 5.73 Å². The highest BCUT2D eigenvalue weighted by atomic mass is 79.9. The molecule has 64 valence electrons. The summed E-state index contributed by atoms with van der Waals surface area (Å²) in [5.74, 6) is -0.504. The molecule has 0 saturated carbocycles. The van der Waals surface area contributed by atoms with Crippen LogP contribution in [0.3, 0.4) is 0 Å². The van der Waals surface area contributed by atoms with Gasteiger partial charge in [0.25, 0.3) is 0 Å². The van der Waals surface area contributed by atoms with Gasteiger partial charge in [0.05, 0.1) is 5.92 Å². The van der Waals surface area contributed by atoms with E-state index in [9.17, 15) is 4.79 Å². The lowest BCUT2D eigenvalue weighted by Crippen LogP contribution is -2.18. The second kappa shape index (κ2) is 3.72. The highest BCUT2D eigenvalue weighted by Crippen LogP contribution is 2.17. The van der Waals surface area contributed by atoms with Crippen molar-refractivity contribution in [2.24, 2.45) is 5.73 Å². The third kappa shape index (κ3) is 2.08. The lowest BCUT2D eigenvalue weighted by Gasteiger charge is -2.06. The Labute approximate surface area is 79.9 Å². The Bertz CT molecular complexity index is 281. The van der Waals surface area contributed by atoms with Gasteiger partial charge in [0, 0.05) is 4.47 Å². The van der Waals surface area contributed by atoms with E-state index in [1.807, 2.05) is 24.3 Å². The van der Waals surface area contributed by atoms with Gasteiger partial charge < -0.3 is 5.73 Å². The molecule has 0 spiro atoms. The Balaban J connectivity index is 2.89. The van der Waals surface area contributed by atoms with Crippen LogP contribution in [0.2, 0.25) is 0 Å². The summed E-state index contributed by atoms with van der Waals surface area (Å²) in [5, 5.41) is 0. The summed E-state index contributed by atoms with van der Waals surface area (Å²) in [6.45, 7) is 1.80. The van der Waals surface area contributed by atoms with Crippen LogP contribution in [0.1, 0.15) is 18.4 Å². The number of hydrogen-bond donors (Lipinski definition) is 1. The molecule has 0 aliphatic heterocycles. The van der Waals surface area contributed by atoms with E-state index in [2.05, 4.69) is 15.9 Å². The van der Waals surface area contributed by atoms with E-state index in [0.29, 0.717) is 0 Å². The summed E-state index contributed by atoms with van der Waals surface area (Å²) < 4.78 is 1.00. The number of amides is 1. The fourth-order valence-corrected chi connectivity index (χ4v) is 1.18. The van der Waals surface area contributed by atoms with E-state index < -0.39 is 0 Å². The molecule has 0 aliphatic rings. The Hall–Kier alpha value is -0.830. The molecule has 1 aromatic carbocycles. The molecule has 0 unspecified atom stereocenters. The van der Waals surface area contributed by atoms with Crippen LogP contribution in [-0.4, -0.2) is 5.91 Å². The molecular weight excluding hydrogens is 218 g/mol. The Kier molecular flexibility index (Phi) is 2.87. The van der Waals surface area contributed by atoms with Gasteiger partial charge in [-0.3, -0.25) is 4.79 Å². The average Bonchev–Trinajstić information content (AvgIpc) is 2.04. The van der Waals surface area contributed by atoms with Crippen molar-refractivity contribution in [3.05, 3.63) is 34.3 Å². The van der Waals surface area contributed by atoms with Crippen molar-refractivity contribution < 1.29 is 4.79 Å². The summed E-state index contributed by atoms with van der Waals surface area (Å²) in [6.07, 6.45) is 0. The smallest absolute Gasteiger partial charge is 0.224 e. The number of primary amides is 1. The fraction of sp³-hybridized carbons (Fsp3) is 0.222. The summed E-state index contributed by atoms with van der Waals surface area (Å²) in [5.41, 5.74) is 6.11. The van der Waals surface area contributed by atoms with Crippen LogP contribution in [0.5, 0.6) is 0 Å². The molecule has 1 amide bonds. The van der Waals surface area contributed by atoms with Crippen molar-refractivity contribution in [1.82, 2.24) is 0 Å². The van der Waals surface area contributed by atoms with Crippen LogP contribution in [0.25, 0.3) is 0 Å². The van der Waals surface area contributed by atoms with Gasteiger partial charge >= 0.3 is 0 Å². The Morgan fingerprint density at radius 3 is 2.33 bits per heavy atom. The molecule has 1 atom stereocenters. The van der Waals surface area contributed by atoms with E-state index in [1.165, 1.54) is 0 Å². The minimum atomic E-state index is -0.294. The van der Waals surface area contributed by atoms with E-state index >= 15 is 0 Å². The maximum absolute atomic E-state index is 10.8. The molecule has 0 heterocycles. The number of nitrogens with two attached hydrogens (primary N) is 1. The number of carbonyl (C=O) groups excluding carboxylic acids is 1. The summed E-state index contributed by atoms with van der Waals surface area (Å²) in [6, 6.07) is 7.57. The van der Waals surface area contributed by atoms with Crippen LogP contribution in [-0.2, 0) is 4.79 Å². The van der Waals surface area contributed by atoms with Gasteiger partial charge in [-0.05, 0) is 24.6 Å². The first-order valence-electron chi connectivity index (χ1n) is 3.66. The fourth-order valence-electron chi connectivity index (χ4n) is 0.916. The van der Waals surface area contributed by atoms with Gasteiger partial charge in [0.15, 0.2) is 0 Å². The van der Waals surface area contributed by atoms with Crippen molar-refractivity contribution in [2.75, 3.05) is 0 Å². The molecule has 0 aliphatic carbocycles. The molecule has 12 heavy (non-hydrogen) atoms. The maximum Gasteiger partial charge on any atom is 0.224 e. The lowest BCUT2D eigenvalue weighted by molar-refractivity contribution is -0.119. The van der Waals surface area contributed by atoms with E-state index in [0.717, 1.165) is 10.0 Å².